The lowest BCUT2D eigenvalue weighted by atomic mass is 10.0. The second-order valence-electron chi connectivity index (χ2n) is 7.21. The molecule has 5 heteroatoms. The molecule has 0 aliphatic heterocycles. The third-order valence-corrected chi connectivity index (χ3v) is 4.87. The standard InChI is InChI=1S/C23H29N3O2/c1-2-3-4-5-6-7-9-19-11-13-22(14-12-19)28-18-21(27)17-26-23-20(16-25-26)10-8-15-24-23/h8,10-16H,2-7,9,17-18H2,1H3. The number of pyridine rings is 1. The zero-order valence-corrected chi connectivity index (χ0v) is 16.6. The van der Waals surface area contributed by atoms with Gasteiger partial charge in [0.2, 0.25) is 0 Å². The molecule has 3 aromatic rings. The van der Waals surface area contributed by atoms with Crippen molar-refractivity contribution in [2.75, 3.05) is 6.61 Å². The van der Waals surface area contributed by atoms with Crippen LogP contribution in [0.4, 0.5) is 0 Å². The number of fused-ring (bicyclic) bond motifs is 1. The number of hydrogen-bond acceptors (Lipinski definition) is 4. The van der Waals surface area contributed by atoms with Gasteiger partial charge < -0.3 is 4.74 Å². The van der Waals surface area contributed by atoms with Crippen LogP contribution in [0, 0.1) is 0 Å². The predicted molar refractivity (Wildman–Crippen MR) is 112 cm³/mol. The van der Waals surface area contributed by atoms with E-state index in [4.69, 9.17) is 4.74 Å². The maximum atomic E-state index is 12.2. The first-order valence-electron chi connectivity index (χ1n) is 10.3. The van der Waals surface area contributed by atoms with Crippen molar-refractivity contribution in [3.63, 3.8) is 0 Å². The Kier molecular flexibility index (Phi) is 7.59. The maximum Gasteiger partial charge on any atom is 0.191 e. The van der Waals surface area contributed by atoms with Crippen LogP contribution in [0.1, 0.15) is 51.0 Å². The lowest BCUT2D eigenvalue weighted by Crippen LogP contribution is -2.18. The molecule has 28 heavy (non-hydrogen) atoms. The zero-order valence-electron chi connectivity index (χ0n) is 16.6. The number of rotatable bonds is 12. The summed E-state index contributed by atoms with van der Waals surface area (Å²) in [6.45, 7) is 2.44. The summed E-state index contributed by atoms with van der Waals surface area (Å²) in [6.07, 6.45) is 12.4. The number of ether oxygens (including phenoxy) is 1. The lowest BCUT2D eigenvalue weighted by Gasteiger charge is -2.07. The predicted octanol–water partition coefficient (Wildman–Crippen LogP) is 4.98. The van der Waals surface area contributed by atoms with Gasteiger partial charge in [-0.3, -0.25) is 4.79 Å². The van der Waals surface area contributed by atoms with E-state index in [0.717, 1.165) is 23.2 Å². The topological polar surface area (TPSA) is 57.0 Å². The summed E-state index contributed by atoms with van der Waals surface area (Å²) < 4.78 is 7.26. The first-order valence-corrected chi connectivity index (χ1v) is 10.3. The first-order chi connectivity index (χ1) is 13.8. The number of carbonyl (C=O) groups excluding carboxylic acids is 1. The molecule has 0 amide bonds. The molecule has 5 nitrogen and oxygen atoms in total. The van der Waals surface area contributed by atoms with E-state index >= 15 is 0 Å². The van der Waals surface area contributed by atoms with E-state index in [2.05, 4.69) is 29.1 Å². The molecule has 0 saturated carbocycles. The molecular formula is C23H29N3O2. The normalized spacial score (nSPS) is 11.0. The van der Waals surface area contributed by atoms with Gasteiger partial charge in [0.25, 0.3) is 0 Å². The van der Waals surface area contributed by atoms with Gasteiger partial charge >= 0.3 is 0 Å². The van der Waals surface area contributed by atoms with Gasteiger partial charge in [0.05, 0.1) is 6.20 Å². The Morgan fingerprint density at radius 1 is 1.04 bits per heavy atom. The lowest BCUT2D eigenvalue weighted by molar-refractivity contribution is -0.121. The molecule has 3 rings (SSSR count). The minimum Gasteiger partial charge on any atom is -0.486 e. The summed E-state index contributed by atoms with van der Waals surface area (Å²) in [6, 6.07) is 11.9. The van der Waals surface area contributed by atoms with Crippen molar-refractivity contribution in [1.29, 1.82) is 0 Å². The molecule has 0 atom stereocenters. The molecule has 0 fully saturated rings. The van der Waals surface area contributed by atoms with Crippen molar-refractivity contribution in [1.82, 2.24) is 14.8 Å². The summed E-state index contributed by atoms with van der Waals surface area (Å²) in [7, 11) is 0. The van der Waals surface area contributed by atoms with E-state index in [-0.39, 0.29) is 18.9 Å². The van der Waals surface area contributed by atoms with E-state index in [1.165, 1.54) is 44.1 Å². The van der Waals surface area contributed by atoms with Crippen LogP contribution >= 0.6 is 0 Å². The molecular weight excluding hydrogens is 350 g/mol. The van der Waals surface area contributed by atoms with Crippen LogP contribution in [0.25, 0.3) is 11.0 Å². The Labute approximate surface area is 166 Å². The first kappa shape index (κ1) is 20.1. The number of ketones is 1. The van der Waals surface area contributed by atoms with Crippen LogP contribution in [-0.2, 0) is 17.8 Å². The maximum absolute atomic E-state index is 12.2. The second kappa shape index (κ2) is 10.6. The van der Waals surface area contributed by atoms with Gasteiger partial charge in [-0.15, -0.1) is 0 Å². The minimum atomic E-state index is -0.0354. The summed E-state index contributed by atoms with van der Waals surface area (Å²) in [5.74, 6) is 0.690. The van der Waals surface area contributed by atoms with Gasteiger partial charge in [-0.1, -0.05) is 51.2 Å². The van der Waals surface area contributed by atoms with Gasteiger partial charge in [0.1, 0.15) is 18.9 Å². The highest BCUT2D eigenvalue weighted by molar-refractivity contribution is 5.82. The Bertz CT molecular complexity index is 871. The zero-order chi connectivity index (χ0) is 19.6. The third kappa shape index (κ3) is 5.91. The van der Waals surface area contributed by atoms with Crippen molar-refractivity contribution in [2.24, 2.45) is 0 Å². The molecule has 0 bridgehead atoms. The molecule has 0 unspecified atom stereocenters. The largest absolute Gasteiger partial charge is 0.486 e. The molecule has 2 heterocycles. The van der Waals surface area contributed by atoms with Gasteiger partial charge in [-0.2, -0.15) is 5.10 Å². The second-order valence-corrected chi connectivity index (χ2v) is 7.21. The van der Waals surface area contributed by atoms with E-state index in [1.54, 1.807) is 17.1 Å². The summed E-state index contributed by atoms with van der Waals surface area (Å²) in [5.41, 5.74) is 2.04. The average Bonchev–Trinajstić information content (AvgIpc) is 3.13. The van der Waals surface area contributed by atoms with Crippen LogP contribution in [0.15, 0.2) is 48.8 Å². The van der Waals surface area contributed by atoms with Gasteiger partial charge in [0, 0.05) is 11.6 Å². The SMILES string of the molecule is CCCCCCCCc1ccc(OCC(=O)Cn2ncc3cccnc32)cc1. The molecule has 148 valence electrons. The van der Waals surface area contributed by atoms with Crippen molar-refractivity contribution >= 4 is 16.8 Å². The molecule has 0 aliphatic rings. The van der Waals surface area contributed by atoms with Crippen molar-refractivity contribution < 1.29 is 9.53 Å². The molecule has 0 radical (unpaired) electrons. The molecule has 0 saturated heterocycles. The van der Waals surface area contributed by atoms with E-state index in [0.29, 0.717) is 0 Å². The fourth-order valence-corrected chi connectivity index (χ4v) is 3.27. The molecule has 2 aromatic heterocycles. The Morgan fingerprint density at radius 3 is 2.64 bits per heavy atom. The van der Waals surface area contributed by atoms with Crippen molar-refractivity contribution in [2.45, 2.75) is 58.4 Å². The van der Waals surface area contributed by atoms with Crippen molar-refractivity contribution in [3.8, 4) is 5.75 Å². The van der Waals surface area contributed by atoms with E-state index in [1.807, 2.05) is 24.3 Å². The van der Waals surface area contributed by atoms with Crippen LogP contribution < -0.4 is 4.74 Å². The fraction of sp³-hybridized carbons (Fsp3) is 0.435. The average molecular weight is 380 g/mol. The van der Waals surface area contributed by atoms with Gasteiger partial charge in [0.15, 0.2) is 11.4 Å². The summed E-state index contributed by atoms with van der Waals surface area (Å²) in [4.78, 5) is 16.5. The molecule has 0 aliphatic carbocycles. The highest BCUT2D eigenvalue weighted by Gasteiger charge is 2.09. The van der Waals surface area contributed by atoms with Crippen LogP contribution in [-0.4, -0.2) is 27.2 Å². The quantitative estimate of drug-likeness (QED) is 0.416. The molecule has 0 spiro atoms. The van der Waals surface area contributed by atoms with E-state index < -0.39 is 0 Å². The van der Waals surface area contributed by atoms with Crippen LogP contribution in [0.3, 0.4) is 0 Å². The third-order valence-electron chi connectivity index (χ3n) is 4.87. The van der Waals surface area contributed by atoms with Crippen LogP contribution in [0.2, 0.25) is 0 Å². The molecule has 1 aromatic carbocycles. The highest BCUT2D eigenvalue weighted by atomic mass is 16.5. The summed E-state index contributed by atoms with van der Waals surface area (Å²) >= 11 is 0. The number of nitrogens with zero attached hydrogens (tertiary/aromatic N) is 3. The van der Waals surface area contributed by atoms with E-state index in [9.17, 15) is 4.79 Å². The fourth-order valence-electron chi connectivity index (χ4n) is 3.27. The number of unbranched alkanes of at least 4 members (excludes halogenated alkanes) is 5. The smallest absolute Gasteiger partial charge is 0.191 e. The molecule has 0 N–H and O–H groups in total. The summed E-state index contributed by atoms with van der Waals surface area (Å²) in [5, 5.41) is 5.16. The number of hydrogen-bond donors (Lipinski definition) is 0. The number of Topliss-reactive ketones (excluding diaryl/α,β-unsaturated/α-hetero) is 1. The Hall–Kier alpha value is -2.69. The number of benzene rings is 1. The van der Waals surface area contributed by atoms with Gasteiger partial charge in [-0.05, 0) is 42.7 Å². The van der Waals surface area contributed by atoms with Gasteiger partial charge in [-0.25, -0.2) is 9.67 Å². The minimum absolute atomic E-state index is 0.0327. The van der Waals surface area contributed by atoms with Crippen molar-refractivity contribution in [3.05, 3.63) is 54.4 Å². The number of aromatic nitrogens is 3. The number of aryl methyl sites for hydroxylation is 1. The highest BCUT2D eigenvalue weighted by Crippen LogP contribution is 2.15. The number of carbonyl (C=O) groups is 1. The van der Waals surface area contributed by atoms with Crippen LogP contribution in [0.5, 0.6) is 5.75 Å². The Morgan fingerprint density at radius 2 is 1.82 bits per heavy atom. The monoisotopic (exact) mass is 379 g/mol. The Balaban J connectivity index is 1.40.